The van der Waals surface area contributed by atoms with Gasteiger partial charge in [0.05, 0.1) is 12.6 Å². The van der Waals surface area contributed by atoms with Crippen molar-refractivity contribution in [2.75, 3.05) is 39.3 Å². The Hall–Kier alpha value is -1.12. The predicted octanol–water partition coefficient (Wildman–Crippen LogP) is 0.432. The SMILES string of the molecule is CC(C)(C#N)N1CCN(CC(=O)NCC2CC2)CC1. The van der Waals surface area contributed by atoms with Gasteiger partial charge in [0.2, 0.25) is 5.91 Å². The highest BCUT2D eigenvalue weighted by Crippen LogP contribution is 2.27. The lowest BCUT2D eigenvalue weighted by Gasteiger charge is -2.40. The van der Waals surface area contributed by atoms with Crippen molar-refractivity contribution >= 4 is 5.91 Å². The monoisotopic (exact) mass is 264 g/mol. The van der Waals surface area contributed by atoms with E-state index in [0.29, 0.717) is 6.54 Å². The topological polar surface area (TPSA) is 59.4 Å². The Morgan fingerprint density at radius 3 is 2.47 bits per heavy atom. The number of rotatable bonds is 5. The molecule has 0 atom stereocenters. The minimum atomic E-state index is -0.402. The lowest BCUT2D eigenvalue weighted by molar-refractivity contribution is -0.122. The van der Waals surface area contributed by atoms with Crippen LogP contribution in [0.2, 0.25) is 0 Å². The normalized spacial score (nSPS) is 21.9. The number of amides is 1. The van der Waals surface area contributed by atoms with Gasteiger partial charge in [-0.2, -0.15) is 5.26 Å². The van der Waals surface area contributed by atoms with Gasteiger partial charge < -0.3 is 5.32 Å². The highest BCUT2D eigenvalue weighted by molar-refractivity contribution is 5.78. The summed E-state index contributed by atoms with van der Waals surface area (Å²) in [5.74, 6) is 0.872. The molecule has 5 heteroatoms. The number of piperazine rings is 1. The number of hydrogen-bond donors (Lipinski definition) is 1. The van der Waals surface area contributed by atoms with E-state index in [-0.39, 0.29) is 5.91 Å². The van der Waals surface area contributed by atoms with E-state index >= 15 is 0 Å². The third-order valence-electron chi connectivity index (χ3n) is 4.09. The molecule has 1 N–H and O–H groups in total. The molecule has 1 amide bonds. The molecule has 0 aromatic carbocycles. The van der Waals surface area contributed by atoms with Crippen molar-refractivity contribution in [2.45, 2.75) is 32.2 Å². The number of nitriles is 1. The Kier molecular flexibility index (Phi) is 4.43. The van der Waals surface area contributed by atoms with Crippen LogP contribution < -0.4 is 5.32 Å². The van der Waals surface area contributed by atoms with E-state index in [1.807, 2.05) is 13.8 Å². The Bertz CT molecular complexity index is 362. The van der Waals surface area contributed by atoms with Crippen LogP contribution in [0.4, 0.5) is 0 Å². The fourth-order valence-electron chi connectivity index (χ4n) is 2.37. The van der Waals surface area contributed by atoms with Crippen molar-refractivity contribution in [1.29, 1.82) is 5.26 Å². The van der Waals surface area contributed by atoms with Crippen molar-refractivity contribution < 1.29 is 4.79 Å². The van der Waals surface area contributed by atoms with Crippen LogP contribution in [0.1, 0.15) is 26.7 Å². The standard InChI is InChI=1S/C14H24N4O/c1-14(2,11-15)18-7-5-17(6-8-18)10-13(19)16-9-12-3-4-12/h12H,3-10H2,1-2H3,(H,16,19). The zero-order valence-corrected chi connectivity index (χ0v) is 12.0. The third kappa shape index (κ3) is 4.19. The van der Waals surface area contributed by atoms with E-state index in [9.17, 15) is 4.79 Å². The van der Waals surface area contributed by atoms with Crippen molar-refractivity contribution in [3.63, 3.8) is 0 Å². The van der Waals surface area contributed by atoms with Gasteiger partial charge in [-0.1, -0.05) is 0 Å². The first-order chi connectivity index (χ1) is 9.01. The molecule has 1 saturated carbocycles. The van der Waals surface area contributed by atoms with E-state index in [1.54, 1.807) is 0 Å². The summed E-state index contributed by atoms with van der Waals surface area (Å²) >= 11 is 0. The predicted molar refractivity (Wildman–Crippen MR) is 73.4 cm³/mol. The van der Waals surface area contributed by atoms with Gasteiger partial charge >= 0.3 is 0 Å². The van der Waals surface area contributed by atoms with Crippen LogP contribution in [0.3, 0.4) is 0 Å². The van der Waals surface area contributed by atoms with Gasteiger partial charge in [0.1, 0.15) is 5.54 Å². The Morgan fingerprint density at radius 1 is 1.32 bits per heavy atom. The largest absolute Gasteiger partial charge is 0.355 e. The first kappa shape index (κ1) is 14.3. The van der Waals surface area contributed by atoms with Crippen molar-refractivity contribution in [3.8, 4) is 6.07 Å². The summed E-state index contributed by atoms with van der Waals surface area (Å²) in [5, 5.41) is 12.1. The van der Waals surface area contributed by atoms with Gasteiger partial charge in [-0.05, 0) is 32.6 Å². The fourth-order valence-corrected chi connectivity index (χ4v) is 2.37. The van der Waals surface area contributed by atoms with Crippen LogP contribution in [0.5, 0.6) is 0 Å². The number of carbonyl (C=O) groups excluding carboxylic acids is 1. The van der Waals surface area contributed by atoms with Gasteiger partial charge in [-0.25, -0.2) is 0 Å². The summed E-state index contributed by atoms with van der Waals surface area (Å²) in [6.45, 7) is 8.68. The molecule has 1 aliphatic heterocycles. The van der Waals surface area contributed by atoms with Crippen LogP contribution in [-0.4, -0.2) is 60.5 Å². The van der Waals surface area contributed by atoms with Gasteiger partial charge in [0.15, 0.2) is 0 Å². The molecule has 1 aliphatic carbocycles. The fraction of sp³-hybridized carbons (Fsp3) is 0.857. The van der Waals surface area contributed by atoms with Gasteiger partial charge in [-0.3, -0.25) is 14.6 Å². The maximum atomic E-state index is 11.8. The minimum Gasteiger partial charge on any atom is -0.355 e. The minimum absolute atomic E-state index is 0.139. The molecule has 0 aromatic heterocycles. The summed E-state index contributed by atoms with van der Waals surface area (Å²) in [7, 11) is 0. The average molecular weight is 264 g/mol. The zero-order valence-electron chi connectivity index (χ0n) is 12.0. The number of nitrogens with one attached hydrogen (secondary N) is 1. The van der Waals surface area contributed by atoms with E-state index in [0.717, 1.165) is 38.6 Å². The quantitative estimate of drug-likeness (QED) is 0.782. The first-order valence-corrected chi connectivity index (χ1v) is 7.16. The second-order valence-electron chi connectivity index (χ2n) is 6.18. The van der Waals surface area contributed by atoms with Crippen molar-refractivity contribution in [1.82, 2.24) is 15.1 Å². The first-order valence-electron chi connectivity index (χ1n) is 7.16. The highest BCUT2D eigenvalue weighted by Gasteiger charge is 2.30. The summed E-state index contributed by atoms with van der Waals surface area (Å²) in [4.78, 5) is 16.1. The molecule has 1 heterocycles. The van der Waals surface area contributed by atoms with Crippen LogP contribution in [0.15, 0.2) is 0 Å². The summed E-state index contributed by atoms with van der Waals surface area (Å²) in [5.41, 5.74) is -0.402. The molecule has 2 fully saturated rings. The van der Waals surface area contributed by atoms with Crippen LogP contribution in [0.25, 0.3) is 0 Å². The molecule has 1 saturated heterocycles. The average Bonchev–Trinajstić information content (AvgIpc) is 3.21. The van der Waals surface area contributed by atoms with Gasteiger partial charge in [0.25, 0.3) is 0 Å². The summed E-state index contributed by atoms with van der Waals surface area (Å²) in [6.07, 6.45) is 2.53. The van der Waals surface area contributed by atoms with E-state index in [4.69, 9.17) is 5.26 Å². The second kappa shape index (κ2) is 5.89. The van der Waals surface area contributed by atoms with E-state index < -0.39 is 5.54 Å². The lowest BCUT2D eigenvalue weighted by atomic mass is 10.0. The molecule has 106 valence electrons. The third-order valence-corrected chi connectivity index (χ3v) is 4.09. The molecular weight excluding hydrogens is 240 g/mol. The van der Waals surface area contributed by atoms with E-state index in [2.05, 4.69) is 21.2 Å². The summed E-state index contributed by atoms with van der Waals surface area (Å²) in [6, 6.07) is 2.33. The van der Waals surface area contributed by atoms with Crippen molar-refractivity contribution in [2.24, 2.45) is 5.92 Å². The van der Waals surface area contributed by atoms with E-state index in [1.165, 1.54) is 12.8 Å². The van der Waals surface area contributed by atoms with Gasteiger partial charge in [0, 0.05) is 32.7 Å². The number of nitrogens with zero attached hydrogens (tertiary/aromatic N) is 3. The molecule has 2 aliphatic rings. The summed E-state index contributed by atoms with van der Waals surface area (Å²) < 4.78 is 0. The molecule has 19 heavy (non-hydrogen) atoms. The molecule has 2 rings (SSSR count). The molecular formula is C14H24N4O. The molecule has 5 nitrogen and oxygen atoms in total. The molecule has 0 aromatic rings. The second-order valence-corrected chi connectivity index (χ2v) is 6.18. The molecule has 0 unspecified atom stereocenters. The Labute approximate surface area is 115 Å². The Balaban J connectivity index is 1.68. The lowest BCUT2D eigenvalue weighted by Crippen LogP contribution is -2.55. The smallest absolute Gasteiger partial charge is 0.234 e. The maximum absolute atomic E-state index is 11.8. The van der Waals surface area contributed by atoms with Gasteiger partial charge in [-0.15, -0.1) is 0 Å². The van der Waals surface area contributed by atoms with Crippen LogP contribution in [0, 0.1) is 17.2 Å². The number of carbonyl (C=O) groups is 1. The Morgan fingerprint density at radius 2 is 1.95 bits per heavy atom. The van der Waals surface area contributed by atoms with Crippen molar-refractivity contribution in [3.05, 3.63) is 0 Å². The molecule has 0 radical (unpaired) electrons. The zero-order chi connectivity index (χ0) is 13.9. The molecule has 0 bridgehead atoms. The van der Waals surface area contributed by atoms with Crippen LogP contribution in [-0.2, 0) is 4.79 Å². The maximum Gasteiger partial charge on any atom is 0.234 e. The molecule has 0 spiro atoms. The van der Waals surface area contributed by atoms with Crippen LogP contribution >= 0.6 is 0 Å². The number of hydrogen-bond acceptors (Lipinski definition) is 4. The highest BCUT2D eigenvalue weighted by atomic mass is 16.2.